The summed E-state index contributed by atoms with van der Waals surface area (Å²) >= 11 is 0. The SMILES string of the molecule is COc1ccc2c(c1)N(CC#N)C(C)C2. The Balaban J connectivity index is 2.38. The van der Waals surface area contributed by atoms with Gasteiger partial charge in [-0.05, 0) is 25.0 Å². The maximum absolute atomic E-state index is 8.77. The van der Waals surface area contributed by atoms with Crippen molar-refractivity contribution in [2.45, 2.75) is 19.4 Å². The van der Waals surface area contributed by atoms with E-state index in [-0.39, 0.29) is 0 Å². The van der Waals surface area contributed by atoms with Crippen molar-refractivity contribution in [1.29, 1.82) is 5.26 Å². The number of ether oxygens (including phenoxy) is 1. The van der Waals surface area contributed by atoms with Gasteiger partial charge in [0.15, 0.2) is 0 Å². The third kappa shape index (κ3) is 1.63. The molecule has 1 aliphatic heterocycles. The molecule has 1 atom stereocenters. The molecule has 15 heavy (non-hydrogen) atoms. The molecule has 1 unspecified atom stereocenters. The molecule has 0 bridgehead atoms. The minimum Gasteiger partial charge on any atom is -0.497 e. The van der Waals surface area contributed by atoms with Gasteiger partial charge in [-0.1, -0.05) is 6.07 Å². The summed E-state index contributed by atoms with van der Waals surface area (Å²) in [7, 11) is 1.66. The molecule has 1 heterocycles. The van der Waals surface area contributed by atoms with Crippen molar-refractivity contribution in [2.24, 2.45) is 0 Å². The van der Waals surface area contributed by atoms with Gasteiger partial charge in [0.05, 0.1) is 13.2 Å². The Hall–Kier alpha value is -1.69. The first-order valence-electron chi connectivity index (χ1n) is 5.06. The molecule has 0 saturated heterocycles. The van der Waals surface area contributed by atoms with Gasteiger partial charge < -0.3 is 9.64 Å². The van der Waals surface area contributed by atoms with E-state index in [0.29, 0.717) is 12.6 Å². The van der Waals surface area contributed by atoms with Crippen LogP contribution in [0.25, 0.3) is 0 Å². The standard InChI is InChI=1S/C12H14N2O/c1-9-7-10-3-4-11(15-2)8-12(10)14(9)6-5-13/h3-4,8-9H,6-7H2,1-2H3. The lowest BCUT2D eigenvalue weighted by molar-refractivity contribution is 0.415. The molecular formula is C12H14N2O. The normalized spacial score (nSPS) is 18.5. The molecule has 1 aromatic carbocycles. The predicted octanol–water partition coefficient (Wildman–Crippen LogP) is 1.97. The number of rotatable bonds is 2. The lowest BCUT2D eigenvalue weighted by Crippen LogP contribution is -2.29. The zero-order chi connectivity index (χ0) is 10.8. The fourth-order valence-corrected chi connectivity index (χ4v) is 2.09. The predicted molar refractivity (Wildman–Crippen MR) is 59.1 cm³/mol. The van der Waals surface area contributed by atoms with Gasteiger partial charge in [-0.15, -0.1) is 0 Å². The Morgan fingerprint density at radius 3 is 3.07 bits per heavy atom. The molecule has 1 aromatic rings. The fourth-order valence-electron chi connectivity index (χ4n) is 2.09. The van der Waals surface area contributed by atoms with Crippen molar-refractivity contribution in [3.63, 3.8) is 0 Å². The first-order chi connectivity index (χ1) is 7.26. The maximum Gasteiger partial charge on any atom is 0.120 e. The van der Waals surface area contributed by atoms with Gasteiger partial charge in [0, 0.05) is 17.8 Å². The number of fused-ring (bicyclic) bond motifs is 1. The minimum atomic E-state index is 0.409. The molecule has 0 N–H and O–H groups in total. The van der Waals surface area contributed by atoms with E-state index in [0.717, 1.165) is 17.9 Å². The number of benzene rings is 1. The molecular weight excluding hydrogens is 188 g/mol. The van der Waals surface area contributed by atoms with Crippen LogP contribution in [0.4, 0.5) is 5.69 Å². The second-order valence-electron chi connectivity index (χ2n) is 3.83. The van der Waals surface area contributed by atoms with Gasteiger partial charge in [0.1, 0.15) is 12.3 Å². The average Bonchev–Trinajstić information content (AvgIpc) is 2.55. The number of methoxy groups -OCH3 is 1. The van der Waals surface area contributed by atoms with E-state index < -0.39 is 0 Å². The fraction of sp³-hybridized carbons (Fsp3) is 0.417. The number of anilines is 1. The van der Waals surface area contributed by atoms with Crippen LogP contribution < -0.4 is 9.64 Å². The summed E-state index contributed by atoms with van der Waals surface area (Å²) in [6.45, 7) is 2.59. The first kappa shape index (κ1) is 9.85. The van der Waals surface area contributed by atoms with Gasteiger partial charge in [-0.25, -0.2) is 0 Å². The third-order valence-electron chi connectivity index (χ3n) is 2.89. The lowest BCUT2D eigenvalue weighted by atomic mass is 10.1. The van der Waals surface area contributed by atoms with Crippen molar-refractivity contribution < 1.29 is 4.74 Å². The van der Waals surface area contributed by atoms with Crippen molar-refractivity contribution in [3.05, 3.63) is 23.8 Å². The molecule has 0 aliphatic carbocycles. The highest BCUT2D eigenvalue weighted by Gasteiger charge is 2.25. The summed E-state index contributed by atoms with van der Waals surface area (Å²) in [5.74, 6) is 0.853. The van der Waals surface area contributed by atoms with Gasteiger partial charge in [-0.2, -0.15) is 5.26 Å². The Morgan fingerprint density at radius 2 is 2.40 bits per heavy atom. The summed E-state index contributed by atoms with van der Waals surface area (Å²) in [5, 5.41) is 8.77. The highest BCUT2D eigenvalue weighted by atomic mass is 16.5. The molecule has 0 aromatic heterocycles. The van der Waals surface area contributed by atoms with E-state index in [1.165, 1.54) is 5.56 Å². The van der Waals surface area contributed by atoms with Crippen LogP contribution in [0.15, 0.2) is 18.2 Å². The van der Waals surface area contributed by atoms with Crippen LogP contribution in [0.2, 0.25) is 0 Å². The zero-order valence-electron chi connectivity index (χ0n) is 9.03. The molecule has 0 amide bonds. The van der Waals surface area contributed by atoms with Crippen LogP contribution in [0.3, 0.4) is 0 Å². The van der Waals surface area contributed by atoms with Crippen LogP contribution in [-0.4, -0.2) is 19.7 Å². The molecule has 2 rings (SSSR count). The number of nitrogens with zero attached hydrogens (tertiary/aromatic N) is 2. The minimum absolute atomic E-state index is 0.409. The largest absolute Gasteiger partial charge is 0.497 e. The Kier molecular flexibility index (Phi) is 2.51. The van der Waals surface area contributed by atoms with Crippen LogP contribution in [0.5, 0.6) is 5.75 Å². The van der Waals surface area contributed by atoms with E-state index >= 15 is 0 Å². The molecule has 0 saturated carbocycles. The molecule has 78 valence electrons. The van der Waals surface area contributed by atoms with Crippen LogP contribution in [0.1, 0.15) is 12.5 Å². The summed E-state index contributed by atoms with van der Waals surface area (Å²) in [6, 6.07) is 8.68. The quantitative estimate of drug-likeness (QED) is 0.688. The zero-order valence-corrected chi connectivity index (χ0v) is 9.03. The summed E-state index contributed by atoms with van der Waals surface area (Å²) < 4.78 is 5.19. The average molecular weight is 202 g/mol. The summed E-state index contributed by atoms with van der Waals surface area (Å²) in [6.07, 6.45) is 1.01. The second-order valence-corrected chi connectivity index (χ2v) is 3.83. The van der Waals surface area contributed by atoms with E-state index in [2.05, 4.69) is 24.0 Å². The first-order valence-corrected chi connectivity index (χ1v) is 5.06. The number of nitriles is 1. The van der Waals surface area contributed by atoms with Crippen LogP contribution >= 0.6 is 0 Å². The van der Waals surface area contributed by atoms with Crippen LogP contribution in [0, 0.1) is 11.3 Å². The highest BCUT2D eigenvalue weighted by molar-refractivity contribution is 5.62. The lowest BCUT2D eigenvalue weighted by Gasteiger charge is -2.21. The Morgan fingerprint density at radius 1 is 1.60 bits per heavy atom. The van der Waals surface area contributed by atoms with Gasteiger partial charge in [-0.3, -0.25) is 0 Å². The van der Waals surface area contributed by atoms with E-state index in [1.807, 2.05) is 12.1 Å². The van der Waals surface area contributed by atoms with Crippen molar-refractivity contribution in [1.82, 2.24) is 0 Å². The maximum atomic E-state index is 8.77. The number of hydrogen-bond acceptors (Lipinski definition) is 3. The van der Waals surface area contributed by atoms with Crippen molar-refractivity contribution in [3.8, 4) is 11.8 Å². The summed E-state index contributed by atoms with van der Waals surface area (Å²) in [5.41, 5.74) is 2.45. The highest BCUT2D eigenvalue weighted by Crippen LogP contribution is 2.34. The van der Waals surface area contributed by atoms with Gasteiger partial charge in [0.2, 0.25) is 0 Å². The third-order valence-corrected chi connectivity index (χ3v) is 2.89. The molecule has 3 nitrogen and oxygen atoms in total. The molecule has 0 radical (unpaired) electrons. The molecule has 0 spiro atoms. The van der Waals surface area contributed by atoms with E-state index in [9.17, 15) is 0 Å². The van der Waals surface area contributed by atoms with Gasteiger partial charge in [0.25, 0.3) is 0 Å². The monoisotopic (exact) mass is 202 g/mol. The Bertz CT molecular complexity index is 409. The summed E-state index contributed by atoms with van der Waals surface area (Å²) in [4.78, 5) is 2.12. The van der Waals surface area contributed by atoms with E-state index in [4.69, 9.17) is 10.00 Å². The van der Waals surface area contributed by atoms with Crippen molar-refractivity contribution >= 4 is 5.69 Å². The van der Waals surface area contributed by atoms with Gasteiger partial charge >= 0.3 is 0 Å². The number of hydrogen-bond donors (Lipinski definition) is 0. The molecule has 0 fully saturated rings. The smallest absolute Gasteiger partial charge is 0.120 e. The topological polar surface area (TPSA) is 36.3 Å². The molecule has 3 heteroatoms. The second kappa shape index (κ2) is 3.82. The van der Waals surface area contributed by atoms with Crippen molar-refractivity contribution in [2.75, 3.05) is 18.6 Å². The van der Waals surface area contributed by atoms with Crippen LogP contribution in [-0.2, 0) is 6.42 Å². The van der Waals surface area contributed by atoms with E-state index in [1.54, 1.807) is 7.11 Å². The Labute approximate surface area is 89.9 Å². The molecule has 1 aliphatic rings.